The number of rotatable bonds is 4. The first-order chi connectivity index (χ1) is 10.0. The number of hydrogen-bond acceptors (Lipinski definition) is 4. The maximum atomic E-state index is 13.2. The van der Waals surface area contributed by atoms with Gasteiger partial charge >= 0.3 is 132 Å². The molecule has 3 aromatic rings. The van der Waals surface area contributed by atoms with Crippen molar-refractivity contribution >= 4 is 55.4 Å². The maximum absolute atomic E-state index is 13.2. The molecule has 3 rings (SSSR count). The summed E-state index contributed by atoms with van der Waals surface area (Å²) in [6.07, 6.45) is -4.68. The van der Waals surface area contributed by atoms with Gasteiger partial charge in [-0.3, -0.25) is 0 Å². The molecule has 0 saturated heterocycles. The average Bonchev–Trinajstić information content (AvgIpc) is 3.15. The van der Waals surface area contributed by atoms with Crippen LogP contribution in [0.4, 0.5) is 13.2 Å². The summed E-state index contributed by atoms with van der Waals surface area (Å²) in [6.45, 7) is 0. The van der Waals surface area contributed by atoms with E-state index in [1.165, 1.54) is 34.0 Å². The Bertz CT molecular complexity index is 591. The van der Waals surface area contributed by atoms with Crippen molar-refractivity contribution in [1.29, 1.82) is 0 Å². The predicted octanol–water partition coefficient (Wildman–Crippen LogP) is 4.35. The molecule has 0 amide bonds. The van der Waals surface area contributed by atoms with E-state index >= 15 is 0 Å². The van der Waals surface area contributed by atoms with E-state index in [0.29, 0.717) is 13.9 Å². The van der Waals surface area contributed by atoms with Crippen LogP contribution in [0.2, 0.25) is 0 Å². The van der Waals surface area contributed by atoms with Crippen LogP contribution in [0.15, 0.2) is 52.5 Å². The van der Waals surface area contributed by atoms with E-state index < -0.39 is 13.9 Å². The minimum atomic E-state index is -4.68. The number of hydrogen-bond donors (Lipinski definition) is 0. The zero-order chi connectivity index (χ0) is 14.9. The Morgan fingerprint density at radius 3 is 1.38 bits per heavy atom. The van der Waals surface area contributed by atoms with Gasteiger partial charge in [-0.25, -0.2) is 0 Å². The van der Waals surface area contributed by atoms with E-state index in [9.17, 15) is 13.2 Å². The third kappa shape index (κ3) is 2.94. The standard InChI is InChI=1S/C13H10F3OPS3/c14-13(15,16)17-18(10-4-1-7-19-10,11-5-2-8-20-11)12-6-3-9-21-12/h1-9,18H. The second-order valence-corrected chi connectivity index (χ2v) is 11.3. The molecule has 3 heterocycles. The summed E-state index contributed by atoms with van der Waals surface area (Å²) in [6, 6.07) is 10.5. The van der Waals surface area contributed by atoms with Gasteiger partial charge in [0, 0.05) is 0 Å². The quantitative estimate of drug-likeness (QED) is 0.624. The fourth-order valence-electron chi connectivity index (χ4n) is 2.13. The monoisotopic (exact) mass is 366 g/mol. The second kappa shape index (κ2) is 5.82. The Kier molecular flexibility index (Phi) is 4.21. The molecule has 0 N–H and O–H groups in total. The second-order valence-electron chi connectivity index (χ2n) is 4.16. The number of thiophene rings is 3. The van der Waals surface area contributed by atoms with Crippen LogP contribution < -0.4 is 13.9 Å². The van der Waals surface area contributed by atoms with Gasteiger partial charge in [0.25, 0.3) is 0 Å². The Morgan fingerprint density at radius 2 is 1.14 bits per heavy atom. The van der Waals surface area contributed by atoms with Crippen molar-refractivity contribution in [3.8, 4) is 0 Å². The molecule has 112 valence electrons. The summed E-state index contributed by atoms with van der Waals surface area (Å²) < 4.78 is 46.3. The topological polar surface area (TPSA) is 9.23 Å². The third-order valence-corrected chi connectivity index (χ3v) is 11.7. The molecule has 0 radical (unpaired) electrons. The summed E-state index contributed by atoms with van der Waals surface area (Å²) in [5.74, 6) is 0. The average molecular weight is 366 g/mol. The molecule has 0 atom stereocenters. The Morgan fingerprint density at radius 1 is 0.762 bits per heavy atom. The first-order valence-electron chi connectivity index (χ1n) is 5.91. The third-order valence-electron chi connectivity index (χ3n) is 2.87. The van der Waals surface area contributed by atoms with Crippen molar-refractivity contribution in [3.63, 3.8) is 0 Å². The van der Waals surface area contributed by atoms with Gasteiger partial charge < -0.3 is 0 Å². The summed E-state index contributed by atoms with van der Waals surface area (Å²) in [5, 5.41) is 5.37. The fraction of sp³-hybridized carbons (Fsp3) is 0.0769. The summed E-state index contributed by atoms with van der Waals surface area (Å²) in [7, 11) is -3.47. The van der Waals surface area contributed by atoms with Crippen molar-refractivity contribution in [3.05, 3.63) is 52.5 Å². The van der Waals surface area contributed by atoms with Gasteiger partial charge in [0.1, 0.15) is 0 Å². The first-order valence-corrected chi connectivity index (χ1v) is 10.5. The van der Waals surface area contributed by atoms with Crippen LogP contribution >= 0.6 is 41.5 Å². The molecular formula is C13H10F3OPS3. The number of alkyl halides is 3. The van der Waals surface area contributed by atoms with Crippen molar-refractivity contribution in [2.75, 3.05) is 0 Å². The van der Waals surface area contributed by atoms with Gasteiger partial charge in [0.2, 0.25) is 0 Å². The zero-order valence-corrected chi connectivity index (χ0v) is 13.9. The minimum absolute atomic E-state index is 0.657. The molecule has 21 heavy (non-hydrogen) atoms. The zero-order valence-electron chi connectivity index (χ0n) is 10.5. The van der Waals surface area contributed by atoms with Gasteiger partial charge in [-0.15, -0.1) is 0 Å². The molecule has 0 aliphatic rings. The molecular weight excluding hydrogens is 356 g/mol. The summed E-state index contributed by atoms with van der Waals surface area (Å²) >= 11 is 3.95. The van der Waals surface area contributed by atoms with E-state index in [2.05, 4.69) is 0 Å². The van der Waals surface area contributed by atoms with Gasteiger partial charge in [-0.05, 0) is 0 Å². The molecule has 0 unspecified atom stereocenters. The van der Waals surface area contributed by atoms with Crippen LogP contribution in [0, 0.1) is 0 Å². The molecule has 0 aromatic carbocycles. The van der Waals surface area contributed by atoms with Crippen LogP contribution in [0.1, 0.15) is 0 Å². The van der Waals surface area contributed by atoms with Crippen LogP contribution in [0.3, 0.4) is 0 Å². The molecule has 3 aromatic heterocycles. The molecule has 0 saturated carbocycles. The van der Waals surface area contributed by atoms with Crippen LogP contribution in [0.5, 0.6) is 0 Å². The molecule has 0 spiro atoms. The van der Waals surface area contributed by atoms with E-state index in [1.54, 1.807) is 52.5 Å². The summed E-state index contributed by atoms with van der Waals surface area (Å²) in [5.41, 5.74) is 0. The van der Waals surface area contributed by atoms with Crippen molar-refractivity contribution in [2.45, 2.75) is 6.36 Å². The number of halogens is 3. The van der Waals surface area contributed by atoms with Crippen molar-refractivity contribution in [1.82, 2.24) is 0 Å². The molecule has 8 heteroatoms. The van der Waals surface area contributed by atoms with Crippen LogP contribution in [0.25, 0.3) is 0 Å². The molecule has 1 nitrogen and oxygen atoms in total. The Balaban J connectivity index is 2.26. The van der Waals surface area contributed by atoms with E-state index in [-0.39, 0.29) is 0 Å². The van der Waals surface area contributed by atoms with E-state index in [4.69, 9.17) is 4.52 Å². The van der Waals surface area contributed by atoms with Crippen LogP contribution in [-0.4, -0.2) is 6.36 Å². The SMILES string of the molecule is FC(F)(F)O[PH](c1cccs1)(c1cccs1)c1cccs1. The van der Waals surface area contributed by atoms with Gasteiger partial charge in [0.05, 0.1) is 0 Å². The molecule has 0 aliphatic heterocycles. The first kappa shape index (κ1) is 15.2. The van der Waals surface area contributed by atoms with E-state index in [1.807, 2.05) is 0 Å². The predicted molar refractivity (Wildman–Crippen MR) is 87.3 cm³/mol. The van der Waals surface area contributed by atoms with Crippen molar-refractivity contribution < 1.29 is 17.7 Å². The van der Waals surface area contributed by atoms with Gasteiger partial charge in [-0.1, -0.05) is 0 Å². The summed E-state index contributed by atoms with van der Waals surface area (Å²) in [4.78, 5) is 0. The van der Waals surface area contributed by atoms with E-state index in [0.717, 1.165) is 0 Å². The Hall–Kier alpha value is -0.720. The fourth-order valence-corrected chi connectivity index (χ4v) is 11.4. The van der Waals surface area contributed by atoms with Gasteiger partial charge in [-0.2, -0.15) is 0 Å². The van der Waals surface area contributed by atoms with Crippen LogP contribution in [-0.2, 0) is 4.52 Å². The molecule has 0 fully saturated rings. The van der Waals surface area contributed by atoms with Crippen molar-refractivity contribution in [2.24, 2.45) is 0 Å². The normalized spacial score (nSPS) is 13.5. The Labute approximate surface area is 132 Å². The van der Waals surface area contributed by atoms with Gasteiger partial charge in [0.15, 0.2) is 0 Å². The molecule has 0 bridgehead atoms. The molecule has 0 aliphatic carbocycles.